The summed E-state index contributed by atoms with van der Waals surface area (Å²) < 4.78 is 16.2. The van der Waals surface area contributed by atoms with Crippen LogP contribution in [0.25, 0.3) is 11.5 Å². The standard InChI is InChI=1S/C23H28N4O4S/c1-16-19(10-13-30-16)22-25-26-23(31-22)32-15-21(28)24-14-20(27-11-4-3-5-12-27)17-6-8-18(29-2)9-7-17/h6-10,13,20H,3-5,11-12,14-15H2,1-2H3,(H,24,28). The number of nitrogens with one attached hydrogen (secondary N) is 1. The largest absolute Gasteiger partial charge is 0.497 e. The molecule has 9 heteroatoms. The molecule has 0 radical (unpaired) electrons. The minimum Gasteiger partial charge on any atom is -0.497 e. The summed E-state index contributed by atoms with van der Waals surface area (Å²) in [7, 11) is 1.66. The normalized spacial score (nSPS) is 15.4. The van der Waals surface area contributed by atoms with Crippen molar-refractivity contribution in [3.63, 3.8) is 0 Å². The van der Waals surface area contributed by atoms with E-state index in [9.17, 15) is 4.79 Å². The van der Waals surface area contributed by atoms with Crippen LogP contribution >= 0.6 is 11.8 Å². The number of piperidine rings is 1. The first kappa shape index (κ1) is 22.4. The van der Waals surface area contributed by atoms with Gasteiger partial charge in [0.05, 0.1) is 30.7 Å². The van der Waals surface area contributed by atoms with E-state index in [1.165, 1.54) is 36.6 Å². The highest BCUT2D eigenvalue weighted by molar-refractivity contribution is 7.99. The topological polar surface area (TPSA) is 93.6 Å². The van der Waals surface area contributed by atoms with Gasteiger partial charge in [-0.3, -0.25) is 9.69 Å². The molecule has 1 aliphatic rings. The van der Waals surface area contributed by atoms with Crippen LogP contribution in [0.15, 0.2) is 50.7 Å². The molecule has 8 nitrogen and oxygen atoms in total. The number of methoxy groups -OCH3 is 1. The van der Waals surface area contributed by atoms with Gasteiger partial charge < -0.3 is 18.9 Å². The molecule has 1 fully saturated rings. The van der Waals surface area contributed by atoms with Crippen molar-refractivity contribution in [2.24, 2.45) is 0 Å². The summed E-state index contributed by atoms with van der Waals surface area (Å²) >= 11 is 1.23. The molecule has 1 atom stereocenters. The number of likely N-dealkylation sites (tertiary alicyclic amines) is 1. The molecule has 1 saturated heterocycles. The Kier molecular flexibility index (Phi) is 7.49. The summed E-state index contributed by atoms with van der Waals surface area (Å²) in [6, 6.07) is 10.0. The molecule has 0 bridgehead atoms. The second-order valence-corrected chi connectivity index (χ2v) is 8.67. The Morgan fingerprint density at radius 1 is 1.19 bits per heavy atom. The highest BCUT2D eigenvalue weighted by Crippen LogP contribution is 2.27. The first-order valence-corrected chi connectivity index (χ1v) is 11.8. The van der Waals surface area contributed by atoms with Gasteiger partial charge >= 0.3 is 0 Å². The Morgan fingerprint density at radius 2 is 1.97 bits per heavy atom. The van der Waals surface area contributed by atoms with E-state index in [1.54, 1.807) is 19.4 Å². The van der Waals surface area contributed by atoms with Crippen LogP contribution in [0.3, 0.4) is 0 Å². The summed E-state index contributed by atoms with van der Waals surface area (Å²) in [5, 5.41) is 11.5. The fraction of sp³-hybridized carbons (Fsp3) is 0.435. The molecule has 4 rings (SSSR count). The van der Waals surface area contributed by atoms with Crippen molar-refractivity contribution in [1.29, 1.82) is 0 Å². The number of benzene rings is 1. The molecule has 3 aromatic rings. The summed E-state index contributed by atoms with van der Waals surface area (Å²) in [4.78, 5) is 15.0. The van der Waals surface area contributed by atoms with Crippen molar-refractivity contribution >= 4 is 17.7 Å². The molecule has 1 aliphatic heterocycles. The number of aromatic nitrogens is 2. The van der Waals surface area contributed by atoms with E-state index >= 15 is 0 Å². The monoisotopic (exact) mass is 456 g/mol. The van der Waals surface area contributed by atoms with Gasteiger partial charge in [-0.1, -0.05) is 30.3 Å². The maximum absolute atomic E-state index is 12.5. The van der Waals surface area contributed by atoms with E-state index in [4.69, 9.17) is 13.6 Å². The van der Waals surface area contributed by atoms with Crippen molar-refractivity contribution in [3.8, 4) is 17.2 Å². The van der Waals surface area contributed by atoms with E-state index in [2.05, 4.69) is 32.5 Å². The highest BCUT2D eigenvalue weighted by atomic mass is 32.2. The van der Waals surface area contributed by atoms with Crippen molar-refractivity contribution < 1.29 is 18.4 Å². The fourth-order valence-corrected chi connectivity index (χ4v) is 4.48. The lowest BCUT2D eigenvalue weighted by molar-refractivity contribution is -0.118. The number of hydrogen-bond acceptors (Lipinski definition) is 8. The van der Waals surface area contributed by atoms with Crippen LogP contribution in [-0.4, -0.2) is 53.5 Å². The third kappa shape index (κ3) is 5.52. The molecule has 0 saturated carbocycles. The third-order valence-electron chi connectivity index (χ3n) is 5.65. The van der Waals surface area contributed by atoms with Gasteiger partial charge in [0, 0.05) is 6.54 Å². The van der Waals surface area contributed by atoms with Gasteiger partial charge in [-0.15, -0.1) is 10.2 Å². The zero-order valence-corrected chi connectivity index (χ0v) is 19.2. The molecule has 2 aromatic heterocycles. The second-order valence-electron chi connectivity index (χ2n) is 7.74. The average molecular weight is 457 g/mol. The maximum Gasteiger partial charge on any atom is 0.277 e. The summed E-state index contributed by atoms with van der Waals surface area (Å²) in [5.74, 6) is 2.08. The number of ether oxygens (including phenoxy) is 1. The number of furan rings is 1. The Balaban J connectivity index is 1.33. The predicted octanol–water partition coefficient (Wildman–Crippen LogP) is 4.08. The zero-order valence-electron chi connectivity index (χ0n) is 18.4. The van der Waals surface area contributed by atoms with Crippen molar-refractivity contribution in [3.05, 3.63) is 47.9 Å². The fourth-order valence-electron chi connectivity index (χ4n) is 3.89. The molecule has 0 spiro atoms. The summed E-state index contributed by atoms with van der Waals surface area (Å²) in [6.07, 6.45) is 5.22. The number of hydrogen-bond donors (Lipinski definition) is 1. The van der Waals surface area contributed by atoms with Crippen molar-refractivity contribution in [1.82, 2.24) is 20.4 Å². The second kappa shape index (κ2) is 10.7. The number of rotatable bonds is 9. The lowest BCUT2D eigenvalue weighted by atomic mass is 10.0. The lowest BCUT2D eigenvalue weighted by Crippen LogP contribution is -2.41. The first-order valence-electron chi connectivity index (χ1n) is 10.8. The van der Waals surface area contributed by atoms with E-state index in [-0.39, 0.29) is 17.7 Å². The summed E-state index contributed by atoms with van der Waals surface area (Å²) in [6.45, 7) is 4.47. The van der Waals surface area contributed by atoms with Gasteiger partial charge in [0.2, 0.25) is 5.91 Å². The van der Waals surface area contributed by atoms with Gasteiger partial charge in [-0.05, 0) is 56.6 Å². The minimum absolute atomic E-state index is 0.0650. The molecule has 0 aliphatic carbocycles. The van der Waals surface area contributed by atoms with Gasteiger partial charge in [0.1, 0.15) is 11.5 Å². The van der Waals surface area contributed by atoms with Crippen LogP contribution in [0.1, 0.15) is 36.6 Å². The van der Waals surface area contributed by atoms with Crippen LogP contribution in [0.4, 0.5) is 0 Å². The number of nitrogens with zero attached hydrogens (tertiary/aromatic N) is 3. The van der Waals surface area contributed by atoms with Crippen LogP contribution in [0.5, 0.6) is 5.75 Å². The number of amides is 1. The zero-order chi connectivity index (χ0) is 22.3. The SMILES string of the molecule is COc1ccc(C(CNC(=O)CSc2nnc(-c3ccoc3C)o2)N2CCCCC2)cc1. The van der Waals surface area contributed by atoms with Crippen LogP contribution in [0.2, 0.25) is 0 Å². The quantitative estimate of drug-likeness (QED) is 0.482. The van der Waals surface area contributed by atoms with Crippen LogP contribution in [-0.2, 0) is 4.79 Å². The molecule has 1 N–H and O–H groups in total. The first-order chi connectivity index (χ1) is 15.6. The molecule has 1 unspecified atom stereocenters. The van der Waals surface area contributed by atoms with Gasteiger partial charge in [-0.25, -0.2) is 0 Å². The van der Waals surface area contributed by atoms with E-state index in [0.29, 0.717) is 23.4 Å². The molecular weight excluding hydrogens is 428 g/mol. The number of thioether (sulfide) groups is 1. The average Bonchev–Trinajstić information content (AvgIpc) is 3.47. The van der Waals surface area contributed by atoms with Gasteiger partial charge in [0.15, 0.2) is 0 Å². The molecule has 1 amide bonds. The van der Waals surface area contributed by atoms with E-state index < -0.39 is 0 Å². The predicted molar refractivity (Wildman–Crippen MR) is 122 cm³/mol. The maximum atomic E-state index is 12.5. The van der Waals surface area contributed by atoms with Crippen molar-refractivity contribution in [2.45, 2.75) is 37.5 Å². The number of carbonyl (C=O) groups is 1. The Bertz CT molecular complexity index is 1010. The van der Waals surface area contributed by atoms with E-state index in [0.717, 1.165) is 24.4 Å². The molecular formula is C23H28N4O4S. The molecule has 3 heterocycles. The highest BCUT2D eigenvalue weighted by Gasteiger charge is 2.23. The van der Waals surface area contributed by atoms with Crippen LogP contribution < -0.4 is 10.1 Å². The van der Waals surface area contributed by atoms with Crippen LogP contribution in [0, 0.1) is 6.92 Å². The minimum atomic E-state index is -0.0650. The smallest absolute Gasteiger partial charge is 0.277 e. The van der Waals surface area contributed by atoms with Gasteiger partial charge in [-0.2, -0.15) is 0 Å². The Hall–Kier alpha value is -2.78. The van der Waals surface area contributed by atoms with Gasteiger partial charge in [0.25, 0.3) is 11.1 Å². The van der Waals surface area contributed by atoms with Crippen molar-refractivity contribution in [2.75, 3.05) is 32.5 Å². The Morgan fingerprint density at radius 3 is 2.66 bits per heavy atom. The number of carbonyl (C=O) groups excluding carboxylic acids is 1. The number of aryl methyl sites for hydroxylation is 1. The molecule has 170 valence electrons. The molecule has 1 aromatic carbocycles. The van der Waals surface area contributed by atoms with E-state index in [1.807, 2.05) is 19.1 Å². The lowest BCUT2D eigenvalue weighted by Gasteiger charge is -2.35. The third-order valence-corrected chi connectivity index (χ3v) is 6.47. The molecule has 32 heavy (non-hydrogen) atoms. The summed E-state index contributed by atoms with van der Waals surface area (Å²) in [5.41, 5.74) is 1.94. The Labute approximate surface area is 191 Å².